The number of nitrogens with zero attached hydrogens (tertiary/aromatic N) is 1. The van der Waals surface area contributed by atoms with Crippen molar-refractivity contribution >= 4 is 22.8 Å². The first kappa shape index (κ1) is 20.5. The van der Waals surface area contributed by atoms with Crippen LogP contribution in [0.3, 0.4) is 0 Å². The van der Waals surface area contributed by atoms with Gasteiger partial charge in [-0.25, -0.2) is 4.79 Å². The summed E-state index contributed by atoms with van der Waals surface area (Å²) >= 11 is 1.80. The monoisotopic (exact) mass is 367 g/mol. The summed E-state index contributed by atoms with van der Waals surface area (Å²) in [4.78, 5) is 16.4. The van der Waals surface area contributed by atoms with E-state index < -0.39 is 0 Å². The van der Waals surface area contributed by atoms with Crippen molar-refractivity contribution in [3.8, 4) is 0 Å². The minimum atomic E-state index is -0.279. The van der Waals surface area contributed by atoms with E-state index in [-0.39, 0.29) is 23.5 Å². The zero-order valence-electron chi connectivity index (χ0n) is 16.7. The Morgan fingerprint density at radius 1 is 1.40 bits per heavy atom. The van der Waals surface area contributed by atoms with E-state index in [1.807, 2.05) is 6.08 Å². The molecule has 0 saturated carbocycles. The number of methoxy groups -OCH3 is 1. The second-order valence-corrected chi connectivity index (χ2v) is 9.62. The van der Waals surface area contributed by atoms with Crippen LogP contribution in [0.25, 0.3) is 0 Å². The zero-order valence-corrected chi connectivity index (χ0v) is 17.5. The molecule has 0 spiro atoms. The van der Waals surface area contributed by atoms with Gasteiger partial charge in [0, 0.05) is 17.2 Å². The zero-order chi connectivity index (χ0) is 18.8. The van der Waals surface area contributed by atoms with Crippen molar-refractivity contribution in [1.29, 1.82) is 0 Å². The molecule has 142 valence electrons. The Labute approximate surface area is 156 Å². The van der Waals surface area contributed by atoms with Crippen LogP contribution in [-0.2, 0) is 14.3 Å². The quantitative estimate of drug-likeness (QED) is 0.543. The van der Waals surface area contributed by atoms with Crippen LogP contribution in [0, 0.1) is 17.3 Å². The van der Waals surface area contributed by atoms with Gasteiger partial charge in [-0.2, -0.15) is 0 Å². The largest absolute Gasteiger partial charge is 0.466 e. The molecule has 0 bridgehead atoms. The van der Waals surface area contributed by atoms with E-state index in [1.165, 1.54) is 7.11 Å². The fourth-order valence-electron chi connectivity index (χ4n) is 3.48. The lowest BCUT2D eigenvalue weighted by atomic mass is 9.79. The van der Waals surface area contributed by atoms with Gasteiger partial charge in [0.15, 0.2) is 0 Å². The first-order chi connectivity index (χ1) is 11.6. The van der Waals surface area contributed by atoms with Gasteiger partial charge in [0.25, 0.3) is 0 Å². The van der Waals surface area contributed by atoms with Crippen molar-refractivity contribution < 1.29 is 14.3 Å². The van der Waals surface area contributed by atoms with Crippen LogP contribution in [0.4, 0.5) is 0 Å². The average molecular weight is 368 g/mol. The lowest BCUT2D eigenvalue weighted by Gasteiger charge is -2.42. The summed E-state index contributed by atoms with van der Waals surface area (Å²) in [6.07, 6.45) is 4.67. The van der Waals surface area contributed by atoms with Crippen LogP contribution in [0.2, 0.25) is 0 Å². The Morgan fingerprint density at radius 3 is 2.68 bits per heavy atom. The smallest absolute Gasteiger partial charge is 0.333 e. The Morgan fingerprint density at radius 2 is 2.08 bits per heavy atom. The molecule has 0 aromatic rings. The van der Waals surface area contributed by atoms with Gasteiger partial charge in [0.2, 0.25) is 0 Å². The first-order valence-corrected chi connectivity index (χ1v) is 10.2. The van der Waals surface area contributed by atoms with Crippen LogP contribution in [-0.4, -0.2) is 42.1 Å². The molecule has 2 heterocycles. The predicted octanol–water partition coefficient (Wildman–Crippen LogP) is 4.49. The number of thioether (sulfide) groups is 1. The van der Waals surface area contributed by atoms with Crippen molar-refractivity contribution in [3.05, 3.63) is 11.6 Å². The number of rotatable bonds is 4. The summed E-state index contributed by atoms with van der Waals surface area (Å²) in [7, 11) is 1.41. The average Bonchev–Trinajstić information content (AvgIpc) is 3.00. The van der Waals surface area contributed by atoms with E-state index >= 15 is 0 Å². The fourth-order valence-corrected chi connectivity index (χ4v) is 4.62. The second kappa shape index (κ2) is 8.26. The highest BCUT2D eigenvalue weighted by atomic mass is 32.2. The van der Waals surface area contributed by atoms with Crippen LogP contribution < -0.4 is 0 Å². The van der Waals surface area contributed by atoms with E-state index in [9.17, 15) is 4.79 Å². The summed E-state index contributed by atoms with van der Waals surface area (Å²) in [5, 5.41) is 1.16. The maximum Gasteiger partial charge on any atom is 0.333 e. The predicted molar refractivity (Wildman–Crippen MR) is 105 cm³/mol. The van der Waals surface area contributed by atoms with Gasteiger partial charge >= 0.3 is 5.97 Å². The number of esters is 1. The fraction of sp³-hybridized carbons (Fsp3) is 0.800. The van der Waals surface area contributed by atoms with E-state index in [0.717, 1.165) is 23.6 Å². The van der Waals surface area contributed by atoms with E-state index in [4.69, 9.17) is 14.5 Å². The Kier molecular flexibility index (Phi) is 6.77. The molecule has 25 heavy (non-hydrogen) atoms. The molecule has 0 aromatic carbocycles. The lowest BCUT2D eigenvalue weighted by Crippen LogP contribution is -2.43. The molecule has 4 nitrogen and oxygen atoms in total. The number of carbonyl (C=O) groups is 1. The third-order valence-corrected chi connectivity index (χ3v) is 6.43. The molecule has 5 atom stereocenters. The third-order valence-electron chi connectivity index (χ3n) is 5.15. The molecule has 2 aliphatic rings. The standard InChI is InChI=1S/C20H33NO3S/c1-12-8-16(24-17(9-12)20(4,5)6)14(3)18-21-15(11-25-18)10-13(2)19(22)23-7/h10,12,14-17H,8-9,11H2,1-7H3/b13-10+/t12-,14?,15-,16+,17-/m0/s1. The van der Waals surface area contributed by atoms with Crippen molar-refractivity contribution in [2.24, 2.45) is 22.2 Å². The van der Waals surface area contributed by atoms with Crippen LogP contribution in [0.1, 0.15) is 54.4 Å². The normalized spacial score (nSPS) is 32.3. The minimum absolute atomic E-state index is 0.0565. The maximum atomic E-state index is 11.6. The van der Waals surface area contributed by atoms with E-state index in [2.05, 4.69) is 34.6 Å². The number of hydrogen-bond acceptors (Lipinski definition) is 5. The van der Waals surface area contributed by atoms with E-state index in [0.29, 0.717) is 23.5 Å². The number of hydrogen-bond donors (Lipinski definition) is 0. The molecule has 2 rings (SSSR count). The molecule has 0 amide bonds. The summed E-state index contributed by atoms with van der Waals surface area (Å²) in [6, 6.07) is 0.0565. The van der Waals surface area contributed by atoms with Gasteiger partial charge in [-0.15, -0.1) is 11.8 Å². The molecule has 0 aliphatic carbocycles. The lowest BCUT2D eigenvalue weighted by molar-refractivity contribution is -0.136. The molecule has 0 radical (unpaired) electrons. The topological polar surface area (TPSA) is 47.9 Å². The molecule has 0 aromatic heterocycles. The first-order valence-electron chi connectivity index (χ1n) is 9.24. The number of carbonyl (C=O) groups excluding carboxylic acids is 1. The van der Waals surface area contributed by atoms with Gasteiger partial charge in [0.1, 0.15) is 0 Å². The highest BCUT2D eigenvalue weighted by Gasteiger charge is 2.38. The van der Waals surface area contributed by atoms with Gasteiger partial charge in [0.05, 0.1) is 30.4 Å². The van der Waals surface area contributed by atoms with E-state index in [1.54, 1.807) is 18.7 Å². The molecule has 0 N–H and O–H groups in total. The minimum Gasteiger partial charge on any atom is -0.466 e. The molecular formula is C20H33NO3S. The van der Waals surface area contributed by atoms with Crippen LogP contribution >= 0.6 is 11.8 Å². The number of aliphatic imine (C=N–C) groups is 1. The van der Waals surface area contributed by atoms with Crippen molar-refractivity contribution in [1.82, 2.24) is 0 Å². The van der Waals surface area contributed by atoms with Gasteiger partial charge < -0.3 is 9.47 Å². The van der Waals surface area contributed by atoms with Gasteiger partial charge in [-0.3, -0.25) is 4.99 Å². The molecule has 1 saturated heterocycles. The van der Waals surface area contributed by atoms with Crippen LogP contribution in [0.5, 0.6) is 0 Å². The Bertz CT molecular complexity index is 550. The number of ether oxygens (including phenoxy) is 2. The van der Waals surface area contributed by atoms with Gasteiger partial charge in [-0.1, -0.05) is 34.6 Å². The molecular weight excluding hydrogens is 334 g/mol. The second-order valence-electron chi connectivity index (χ2n) is 8.58. The van der Waals surface area contributed by atoms with Crippen molar-refractivity contribution in [2.75, 3.05) is 12.9 Å². The highest BCUT2D eigenvalue weighted by Crippen LogP contribution is 2.39. The summed E-state index contributed by atoms with van der Waals surface area (Å²) in [6.45, 7) is 13.1. The Balaban J connectivity index is 2.06. The maximum absolute atomic E-state index is 11.6. The summed E-state index contributed by atoms with van der Waals surface area (Å²) in [5.41, 5.74) is 0.793. The van der Waals surface area contributed by atoms with Crippen LogP contribution in [0.15, 0.2) is 16.6 Å². The molecule has 5 heteroatoms. The SMILES string of the molecule is COC(=O)/C(C)=C/[C@H]1CSC(C(C)[C@H]2C[C@H](C)C[C@@H](C(C)(C)C)O2)=N1. The van der Waals surface area contributed by atoms with Gasteiger partial charge in [-0.05, 0) is 37.2 Å². The summed E-state index contributed by atoms with van der Waals surface area (Å²) < 4.78 is 11.2. The Hall–Kier alpha value is -0.810. The molecule has 2 aliphatic heterocycles. The molecule has 1 fully saturated rings. The third kappa shape index (κ3) is 5.33. The highest BCUT2D eigenvalue weighted by molar-refractivity contribution is 8.14. The summed E-state index contributed by atoms with van der Waals surface area (Å²) in [5.74, 6) is 1.59. The van der Waals surface area contributed by atoms with Crippen molar-refractivity contribution in [2.45, 2.75) is 72.6 Å². The van der Waals surface area contributed by atoms with Crippen molar-refractivity contribution in [3.63, 3.8) is 0 Å². The molecule has 1 unspecified atom stereocenters.